The second kappa shape index (κ2) is 7.41. The molecule has 27 heavy (non-hydrogen) atoms. The summed E-state index contributed by atoms with van der Waals surface area (Å²) in [5, 5.41) is 3.07. The SMILES string of the molecule is CCn1c(=O)c2ccccc2n(CC(=O)Nc2cccc(C(C)=O)c2)c1=O. The lowest BCUT2D eigenvalue weighted by Crippen LogP contribution is -2.41. The molecule has 3 rings (SSSR count). The fraction of sp³-hybridized carbons (Fsp3) is 0.200. The number of rotatable bonds is 5. The average molecular weight is 365 g/mol. The number of hydrogen-bond acceptors (Lipinski definition) is 4. The zero-order valence-electron chi connectivity index (χ0n) is 15.1. The highest BCUT2D eigenvalue weighted by molar-refractivity contribution is 5.97. The first-order chi connectivity index (χ1) is 12.9. The van der Waals surface area contributed by atoms with E-state index < -0.39 is 11.6 Å². The van der Waals surface area contributed by atoms with E-state index in [-0.39, 0.29) is 24.4 Å². The number of ketones is 1. The second-order valence-electron chi connectivity index (χ2n) is 6.12. The van der Waals surface area contributed by atoms with Crippen molar-refractivity contribution in [3.05, 3.63) is 74.9 Å². The Balaban J connectivity index is 1.98. The van der Waals surface area contributed by atoms with Gasteiger partial charge in [0.05, 0.1) is 10.9 Å². The first-order valence-corrected chi connectivity index (χ1v) is 8.55. The molecule has 3 aromatic rings. The van der Waals surface area contributed by atoms with E-state index in [2.05, 4.69) is 5.32 Å². The average Bonchev–Trinajstić information content (AvgIpc) is 2.66. The highest BCUT2D eigenvalue weighted by Gasteiger charge is 2.14. The number of fused-ring (bicyclic) bond motifs is 1. The third-order valence-corrected chi connectivity index (χ3v) is 4.30. The van der Waals surface area contributed by atoms with Gasteiger partial charge >= 0.3 is 5.69 Å². The Morgan fingerprint density at radius 2 is 1.74 bits per heavy atom. The molecule has 0 aliphatic carbocycles. The van der Waals surface area contributed by atoms with Crippen molar-refractivity contribution in [2.75, 3.05) is 5.32 Å². The van der Waals surface area contributed by atoms with Crippen molar-refractivity contribution in [3.8, 4) is 0 Å². The molecule has 0 aliphatic heterocycles. The van der Waals surface area contributed by atoms with Gasteiger partial charge in [-0.15, -0.1) is 0 Å². The normalized spacial score (nSPS) is 10.7. The topological polar surface area (TPSA) is 90.2 Å². The highest BCUT2D eigenvalue weighted by atomic mass is 16.2. The van der Waals surface area contributed by atoms with Crippen LogP contribution in [0.1, 0.15) is 24.2 Å². The predicted molar refractivity (Wildman–Crippen MR) is 103 cm³/mol. The summed E-state index contributed by atoms with van der Waals surface area (Å²) in [7, 11) is 0. The molecular weight excluding hydrogens is 346 g/mol. The van der Waals surface area contributed by atoms with Gasteiger partial charge in [0.2, 0.25) is 5.91 Å². The summed E-state index contributed by atoms with van der Waals surface area (Å²) in [6, 6.07) is 13.3. The largest absolute Gasteiger partial charge is 0.331 e. The Morgan fingerprint density at radius 3 is 2.44 bits per heavy atom. The number of hydrogen-bond donors (Lipinski definition) is 1. The standard InChI is InChI=1S/C20H19N3O4/c1-3-22-19(26)16-9-4-5-10-17(16)23(20(22)27)12-18(25)21-15-8-6-7-14(11-15)13(2)24/h4-11H,3,12H2,1-2H3,(H,21,25). The molecule has 0 fully saturated rings. The minimum atomic E-state index is -0.533. The molecule has 138 valence electrons. The maximum Gasteiger partial charge on any atom is 0.331 e. The van der Waals surface area contributed by atoms with Crippen molar-refractivity contribution in [1.29, 1.82) is 0 Å². The first kappa shape index (κ1) is 18.3. The van der Waals surface area contributed by atoms with Crippen LogP contribution in [-0.4, -0.2) is 20.8 Å². The quantitative estimate of drug-likeness (QED) is 0.701. The van der Waals surface area contributed by atoms with Gasteiger partial charge in [-0.25, -0.2) is 4.79 Å². The maximum atomic E-state index is 12.7. The molecule has 1 aromatic heterocycles. The number of nitrogens with one attached hydrogen (secondary N) is 1. The van der Waals surface area contributed by atoms with Gasteiger partial charge in [0.1, 0.15) is 6.54 Å². The third-order valence-electron chi connectivity index (χ3n) is 4.30. The summed E-state index contributed by atoms with van der Waals surface area (Å²) < 4.78 is 2.39. The van der Waals surface area contributed by atoms with Crippen LogP contribution in [0.3, 0.4) is 0 Å². The number of para-hydroxylation sites is 1. The number of carbonyl (C=O) groups excluding carboxylic acids is 2. The molecule has 0 atom stereocenters. The zero-order chi connectivity index (χ0) is 19.6. The van der Waals surface area contributed by atoms with Gasteiger partial charge in [-0.2, -0.15) is 0 Å². The number of benzene rings is 2. The van der Waals surface area contributed by atoms with E-state index in [4.69, 9.17) is 0 Å². The monoisotopic (exact) mass is 365 g/mol. The van der Waals surface area contributed by atoms with Crippen LogP contribution in [0.25, 0.3) is 10.9 Å². The van der Waals surface area contributed by atoms with E-state index >= 15 is 0 Å². The summed E-state index contributed by atoms with van der Waals surface area (Å²) in [5.74, 6) is -0.535. The van der Waals surface area contributed by atoms with Crippen molar-refractivity contribution in [2.24, 2.45) is 0 Å². The van der Waals surface area contributed by atoms with E-state index in [1.54, 1.807) is 55.5 Å². The summed E-state index contributed by atoms with van der Waals surface area (Å²) in [5.41, 5.74) is 0.450. The zero-order valence-corrected chi connectivity index (χ0v) is 15.1. The molecule has 0 saturated carbocycles. The van der Waals surface area contributed by atoms with E-state index in [0.717, 1.165) is 4.57 Å². The number of nitrogens with zero attached hydrogens (tertiary/aromatic N) is 2. The Morgan fingerprint density at radius 1 is 1.00 bits per heavy atom. The van der Waals surface area contributed by atoms with Crippen LogP contribution in [0.15, 0.2) is 58.1 Å². The van der Waals surface area contributed by atoms with Crippen molar-refractivity contribution >= 4 is 28.3 Å². The number of amides is 1. The van der Waals surface area contributed by atoms with Gasteiger partial charge in [0.25, 0.3) is 5.56 Å². The molecular formula is C20H19N3O4. The van der Waals surface area contributed by atoms with E-state index in [1.807, 2.05) is 0 Å². The van der Waals surface area contributed by atoms with Gasteiger partial charge in [0.15, 0.2) is 5.78 Å². The molecule has 0 bridgehead atoms. The molecule has 1 amide bonds. The fourth-order valence-corrected chi connectivity index (χ4v) is 2.96. The summed E-state index contributed by atoms with van der Waals surface area (Å²) in [6.07, 6.45) is 0. The Bertz CT molecular complexity index is 1160. The van der Waals surface area contributed by atoms with Crippen LogP contribution in [0.4, 0.5) is 5.69 Å². The second-order valence-corrected chi connectivity index (χ2v) is 6.12. The smallest absolute Gasteiger partial charge is 0.325 e. The van der Waals surface area contributed by atoms with Gasteiger partial charge in [-0.1, -0.05) is 24.3 Å². The molecule has 0 radical (unpaired) electrons. The molecule has 0 unspecified atom stereocenters. The Hall–Kier alpha value is -3.48. The molecule has 7 nitrogen and oxygen atoms in total. The third kappa shape index (κ3) is 3.57. The lowest BCUT2D eigenvalue weighted by atomic mass is 10.1. The van der Waals surface area contributed by atoms with E-state index in [9.17, 15) is 19.2 Å². The van der Waals surface area contributed by atoms with Crippen LogP contribution >= 0.6 is 0 Å². The minimum Gasteiger partial charge on any atom is -0.325 e. The molecule has 7 heteroatoms. The predicted octanol–water partition coefficient (Wildman–Crippen LogP) is 2.02. The highest BCUT2D eigenvalue weighted by Crippen LogP contribution is 2.12. The summed E-state index contributed by atoms with van der Waals surface area (Å²) in [4.78, 5) is 49.1. The maximum absolute atomic E-state index is 12.7. The van der Waals surface area contributed by atoms with Crippen molar-refractivity contribution in [2.45, 2.75) is 26.9 Å². The van der Waals surface area contributed by atoms with Gasteiger partial charge < -0.3 is 5.32 Å². The molecule has 1 N–H and O–H groups in total. The van der Waals surface area contributed by atoms with Crippen LogP contribution in [0.5, 0.6) is 0 Å². The van der Waals surface area contributed by atoms with E-state index in [1.165, 1.54) is 11.5 Å². The molecule has 0 spiro atoms. The molecule has 2 aromatic carbocycles. The number of carbonyl (C=O) groups is 2. The Kier molecular flexibility index (Phi) is 5.03. The number of Topliss-reactive ketones (excluding diaryl/α,β-unsaturated/α-hetero) is 1. The molecule has 0 aliphatic rings. The lowest BCUT2D eigenvalue weighted by Gasteiger charge is -2.13. The van der Waals surface area contributed by atoms with Crippen molar-refractivity contribution < 1.29 is 9.59 Å². The van der Waals surface area contributed by atoms with E-state index in [0.29, 0.717) is 22.2 Å². The number of anilines is 1. The fourth-order valence-electron chi connectivity index (χ4n) is 2.96. The van der Waals surface area contributed by atoms with Crippen LogP contribution in [-0.2, 0) is 17.9 Å². The van der Waals surface area contributed by atoms with Crippen LogP contribution in [0.2, 0.25) is 0 Å². The lowest BCUT2D eigenvalue weighted by molar-refractivity contribution is -0.116. The van der Waals surface area contributed by atoms with Crippen molar-refractivity contribution in [1.82, 2.24) is 9.13 Å². The molecule has 1 heterocycles. The number of aromatic nitrogens is 2. The van der Waals surface area contributed by atoms with Gasteiger partial charge in [0, 0.05) is 17.8 Å². The minimum absolute atomic E-state index is 0.108. The van der Waals surface area contributed by atoms with Crippen molar-refractivity contribution in [3.63, 3.8) is 0 Å². The van der Waals surface area contributed by atoms with Gasteiger partial charge in [-0.3, -0.25) is 23.5 Å². The summed E-state index contributed by atoms with van der Waals surface area (Å²) in [6.45, 7) is 3.12. The summed E-state index contributed by atoms with van der Waals surface area (Å²) >= 11 is 0. The van der Waals surface area contributed by atoms with Crippen LogP contribution < -0.4 is 16.6 Å². The molecule has 0 saturated heterocycles. The Labute approximate surface area is 154 Å². The first-order valence-electron chi connectivity index (χ1n) is 8.55. The van der Waals surface area contributed by atoms with Crippen LogP contribution in [0, 0.1) is 0 Å². The van der Waals surface area contributed by atoms with Gasteiger partial charge in [-0.05, 0) is 38.1 Å².